The molecule has 0 saturated heterocycles. The molecule has 0 rings (SSSR count). The van der Waals surface area contributed by atoms with Gasteiger partial charge in [-0.2, -0.15) is 0 Å². The Morgan fingerprint density at radius 2 is 1.11 bits per heavy atom. The topological polar surface area (TPSA) is 17.1 Å². The third-order valence-electron chi connectivity index (χ3n) is 3.09. The summed E-state index contributed by atoms with van der Waals surface area (Å²) in [6.07, 6.45) is 3.93. The van der Waals surface area contributed by atoms with E-state index in [0.29, 0.717) is 22.7 Å². The highest BCUT2D eigenvalue weighted by Crippen LogP contribution is 2.57. The highest BCUT2D eigenvalue weighted by atomic mass is 79.9. The maximum absolute atomic E-state index is 12.7. The molecule has 0 aliphatic rings. The highest BCUT2D eigenvalue weighted by Gasteiger charge is 2.27. The van der Waals surface area contributed by atoms with Crippen molar-refractivity contribution >= 4 is 21.3 Å². The van der Waals surface area contributed by atoms with Crippen LogP contribution in [0.1, 0.15) is 68.2 Å². The monoisotopic (exact) mass is 352 g/mol. The van der Waals surface area contributed by atoms with Gasteiger partial charge in [0.25, 0.3) is 0 Å². The van der Waals surface area contributed by atoms with Gasteiger partial charge in [0.1, 0.15) is 5.84 Å². The van der Waals surface area contributed by atoms with Gasteiger partial charge < -0.3 is 4.57 Å². The molecule has 0 fully saturated rings. The minimum absolute atomic E-state index is 0.323. The molecule has 1 nitrogen and oxygen atoms in total. The molecule has 0 heterocycles. The van der Waals surface area contributed by atoms with Gasteiger partial charge in [0.15, 0.2) is 0 Å². The summed E-state index contributed by atoms with van der Waals surface area (Å²) in [5.74, 6) is -1.12. The van der Waals surface area contributed by atoms with E-state index in [9.17, 15) is 4.57 Å². The summed E-state index contributed by atoms with van der Waals surface area (Å²) in [6, 6.07) is 0. The second-order valence-corrected chi connectivity index (χ2v) is 15.1. The molecule has 0 aliphatic heterocycles. The summed E-state index contributed by atoms with van der Waals surface area (Å²) in [7, 11) is 0. The second kappa shape index (κ2) is 7.12. The molecule has 0 bridgehead atoms. The molecule has 0 aromatic rings. The minimum atomic E-state index is -2.16. The average molecular weight is 353 g/mol. The summed E-state index contributed by atoms with van der Waals surface area (Å²) in [6.45, 7) is 18.0. The van der Waals surface area contributed by atoms with Gasteiger partial charge in [0.2, 0.25) is 0 Å². The molecule has 2 atom stereocenters. The molecule has 0 aliphatic carbocycles. The van der Waals surface area contributed by atoms with Gasteiger partial charge in [0, 0.05) is 12.3 Å². The fraction of sp³-hybridized carbons (Fsp3) is 1.00. The molecule has 0 N–H and O–H groups in total. The fourth-order valence-corrected chi connectivity index (χ4v) is 8.46. The summed E-state index contributed by atoms with van der Waals surface area (Å²) < 4.78 is 12.7. The van der Waals surface area contributed by atoms with Crippen LogP contribution < -0.4 is 0 Å². The van der Waals surface area contributed by atoms with Crippen LogP contribution in [0.3, 0.4) is 0 Å². The molecule has 19 heavy (non-hydrogen) atoms. The van der Waals surface area contributed by atoms with Crippen molar-refractivity contribution in [2.45, 2.75) is 68.2 Å². The summed E-state index contributed by atoms with van der Waals surface area (Å²) in [5.41, 5.74) is 0.646. The lowest BCUT2D eigenvalue weighted by Crippen LogP contribution is -2.16. The molecule has 0 aromatic carbocycles. The largest absolute Gasteiger partial charge is 0.312 e. The van der Waals surface area contributed by atoms with Crippen molar-refractivity contribution in [1.82, 2.24) is 0 Å². The molecule has 0 aromatic heterocycles. The first-order valence-electron chi connectivity index (χ1n) is 7.48. The van der Waals surface area contributed by atoms with Gasteiger partial charge in [-0.1, -0.05) is 55.4 Å². The molecule has 116 valence electrons. The Morgan fingerprint density at radius 1 is 0.842 bits per heavy atom. The zero-order valence-corrected chi connectivity index (χ0v) is 16.7. The van der Waals surface area contributed by atoms with Crippen molar-refractivity contribution < 1.29 is 4.57 Å². The Morgan fingerprint density at radius 3 is 1.32 bits per heavy atom. The van der Waals surface area contributed by atoms with Crippen LogP contribution in [0.5, 0.6) is 0 Å². The summed E-state index contributed by atoms with van der Waals surface area (Å²) in [5, 5.41) is 0. The SMILES string of the molecule is CC(CC(C)(C)C)CP(=O)(Br)CC(C)CC(C)(C)C. The van der Waals surface area contributed by atoms with Crippen LogP contribution in [0.25, 0.3) is 0 Å². The van der Waals surface area contributed by atoms with Crippen LogP contribution in [0.15, 0.2) is 0 Å². The molecule has 2 unspecified atom stereocenters. The third kappa shape index (κ3) is 12.2. The van der Waals surface area contributed by atoms with Crippen molar-refractivity contribution in [3.05, 3.63) is 0 Å². The first-order chi connectivity index (χ1) is 8.20. The first kappa shape index (κ1) is 19.7. The van der Waals surface area contributed by atoms with E-state index in [1.807, 2.05) is 0 Å². The van der Waals surface area contributed by atoms with Crippen LogP contribution in [-0.4, -0.2) is 12.3 Å². The molecule has 0 radical (unpaired) electrons. The quantitative estimate of drug-likeness (QED) is 0.480. The minimum Gasteiger partial charge on any atom is -0.312 e. The average Bonchev–Trinajstić information content (AvgIpc) is 1.89. The standard InChI is InChI=1S/C16H34BrOP/c1-13(9-15(3,4)5)11-19(17,18)12-14(2)10-16(6,7)8/h13-14H,9-12H2,1-8H3. The Kier molecular flexibility index (Phi) is 7.39. The van der Waals surface area contributed by atoms with E-state index in [1.54, 1.807) is 0 Å². The maximum atomic E-state index is 12.7. The van der Waals surface area contributed by atoms with Crippen LogP contribution in [0.4, 0.5) is 0 Å². The maximum Gasteiger partial charge on any atom is 0.148 e. The van der Waals surface area contributed by atoms with E-state index in [-0.39, 0.29) is 0 Å². The number of hydrogen-bond donors (Lipinski definition) is 0. The van der Waals surface area contributed by atoms with Gasteiger partial charge >= 0.3 is 0 Å². The second-order valence-electron chi connectivity index (χ2n) is 8.89. The summed E-state index contributed by atoms with van der Waals surface area (Å²) in [4.78, 5) is 0. The van der Waals surface area contributed by atoms with Gasteiger partial charge in [-0.25, -0.2) is 0 Å². The Labute approximate surface area is 129 Å². The van der Waals surface area contributed by atoms with Gasteiger partial charge in [-0.3, -0.25) is 0 Å². The van der Waals surface area contributed by atoms with E-state index in [1.165, 1.54) is 0 Å². The van der Waals surface area contributed by atoms with E-state index in [0.717, 1.165) is 25.2 Å². The van der Waals surface area contributed by atoms with Gasteiger partial charge in [-0.05, 0) is 51.0 Å². The smallest absolute Gasteiger partial charge is 0.148 e. The highest BCUT2D eigenvalue weighted by molar-refractivity contribution is 9.40. The van der Waals surface area contributed by atoms with Crippen LogP contribution in [-0.2, 0) is 4.57 Å². The lowest BCUT2D eigenvalue weighted by Gasteiger charge is -2.27. The van der Waals surface area contributed by atoms with Crippen LogP contribution >= 0.6 is 21.3 Å². The van der Waals surface area contributed by atoms with Crippen molar-refractivity contribution in [2.24, 2.45) is 22.7 Å². The predicted octanol–water partition coefficient (Wildman–Crippen LogP) is 6.80. The fourth-order valence-electron chi connectivity index (χ4n) is 3.23. The van der Waals surface area contributed by atoms with Crippen molar-refractivity contribution in [1.29, 1.82) is 0 Å². The van der Waals surface area contributed by atoms with Crippen molar-refractivity contribution in [3.63, 3.8) is 0 Å². The lowest BCUT2D eigenvalue weighted by atomic mass is 9.86. The number of rotatable bonds is 6. The number of hydrogen-bond acceptors (Lipinski definition) is 1. The Hall–Kier alpha value is 0.710. The normalized spacial score (nSPS) is 19.8. The zero-order valence-electron chi connectivity index (χ0n) is 14.2. The molecule has 0 spiro atoms. The lowest BCUT2D eigenvalue weighted by molar-refractivity contribution is 0.316. The Balaban J connectivity index is 4.36. The molecular weight excluding hydrogens is 319 g/mol. The third-order valence-corrected chi connectivity index (χ3v) is 7.16. The van der Waals surface area contributed by atoms with Gasteiger partial charge in [-0.15, -0.1) is 0 Å². The van der Waals surface area contributed by atoms with Crippen molar-refractivity contribution in [2.75, 3.05) is 12.3 Å². The zero-order chi connectivity index (χ0) is 15.5. The number of halogens is 1. The van der Waals surface area contributed by atoms with E-state index >= 15 is 0 Å². The Bertz CT molecular complexity index is 284. The molecule has 0 amide bonds. The van der Waals surface area contributed by atoms with E-state index in [4.69, 9.17) is 0 Å². The van der Waals surface area contributed by atoms with E-state index in [2.05, 4.69) is 70.9 Å². The summed E-state index contributed by atoms with van der Waals surface area (Å²) >= 11 is 3.55. The van der Waals surface area contributed by atoms with Crippen LogP contribution in [0, 0.1) is 22.7 Å². The van der Waals surface area contributed by atoms with Gasteiger partial charge in [0.05, 0.1) is 0 Å². The molecule has 3 heteroatoms. The van der Waals surface area contributed by atoms with Crippen LogP contribution in [0.2, 0.25) is 0 Å². The van der Waals surface area contributed by atoms with Crippen molar-refractivity contribution in [3.8, 4) is 0 Å². The molecule has 0 saturated carbocycles. The first-order valence-corrected chi connectivity index (χ1v) is 11.6. The van der Waals surface area contributed by atoms with E-state index < -0.39 is 5.84 Å². The predicted molar refractivity (Wildman–Crippen MR) is 92.7 cm³/mol. The molecular formula is C16H34BrOP.